The lowest BCUT2D eigenvalue weighted by Crippen LogP contribution is -2.38. The van der Waals surface area contributed by atoms with E-state index in [1.807, 2.05) is 0 Å². The van der Waals surface area contributed by atoms with E-state index in [0.29, 0.717) is 5.96 Å². The Morgan fingerprint density at radius 3 is 2.32 bits per heavy atom. The molecule has 19 heavy (non-hydrogen) atoms. The number of nitrogens with zero attached hydrogens (tertiary/aromatic N) is 1. The molecule has 0 saturated carbocycles. The van der Waals surface area contributed by atoms with Crippen molar-refractivity contribution in [2.24, 2.45) is 10.7 Å². The van der Waals surface area contributed by atoms with Gasteiger partial charge in [0.2, 0.25) is 0 Å². The highest BCUT2D eigenvalue weighted by molar-refractivity contribution is 14.0. The second-order valence-corrected chi connectivity index (χ2v) is 7.87. The summed E-state index contributed by atoms with van der Waals surface area (Å²) in [5.74, 6) is 0.322. The first kappa shape index (κ1) is 21.3. The summed E-state index contributed by atoms with van der Waals surface area (Å²) in [6.07, 6.45) is 5.87. The van der Waals surface area contributed by atoms with Crippen molar-refractivity contribution < 1.29 is 8.42 Å². The van der Waals surface area contributed by atoms with Crippen LogP contribution >= 0.6 is 24.0 Å². The van der Waals surface area contributed by atoms with Crippen molar-refractivity contribution in [3.8, 4) is 0 Å². The van der Waals surface area contributed by atoms with E-state index in [0.717, 1.165) is 13.0 Å². The smallest absolute Gasteiger partial charge is 0.188 e. The number of rotatable bonds is 8. The van der Waals surface area contributed by atoms with Crippen LogP contribution in [0.4, 0.5) is 0 Å². The minimum absolute atomic E-state index is 0. The molecular formula is C12H28IN3O2S. The van der Waals surface area contributed by atoms with Gasteiger partial charge >= 0.3 is 0 Å². The third-order valence-corrected chi connectivity index (χ3v) is 5.11. The van der Waals surface area contributed by atoms with Gasteiger partial charge in [-0.2, -0.15) is 0 Å². The highest BCUT2D eigenvalue weighted by Gasteiger charge is 2.29. The quantitative estimate of drug-likeness (QED) is 0.280. The van der Waals surface area contributed by atoms with Crippen LogP contribution in [0.1, 0.15) is 46.5 Å². The molecule has 0 radical (unpaired) electrons. The molecule has 116 valence electrons. The van der Waals surface area contributed by atoms with Gasteiger partial charge in [0.1, 0.15) is 0 Å². The largest absolute Gasteiger partial charge is 0.370 e. The van der Waals surface area contributed by atoms with Gasteiger partial charge in [0.25, 0.3) is 0 Å². The fraction of sp³-hybridized carbons (Fsp3) is 0.917. The predicted molar refractivity (Wildman–Crippen MR) is 93.0 cm³/mol. The van der Waals surface area contributed by atoms with Gasteiger partial charge in [-0.3, -0.25) is 4.99 Å². The van der Waals surface area contributed by atoms with Gasteiger partial charge in [-0.25, -0.2) is 8.42 Å². The SMILES string of the molecule is CCCCCCNC(N)=NCC(C)(C)S(C)(=O)=O.I. The van der Waals surface area contributed by atoms with Gasteiger partial charge in [-0.1, -0.05) is 26.2 Å². The molecule has 0 aliphatic rings. The topological polar surface area (TPSA) is 84.5 Å². The minimum Gasteiger partial charge on any atom is -0.370 e. The second-order valence-electron chi connectivity index (χ2n) is 5.22. The van der Waals surface area contributed by atoms with Crippen molar-refractivity contribution in [2.75, 3.05) is 19.3 Å². The zero-order chi connectivity index (χ0) is 14.2. The lowest BCUT2D eigenvalue weighted by molar-refractivity contribution is 0.555. The van der Waals surface area contributed by atoms with Crippen LogP contribution in [0.25, 0.3) is 0 Å². The second kappa shape index (κ2) is 9.79. The zero-order valence-corrected chi connectivity index (χ0v) is 15.5. The molecule has 5 nitrogen and oxygen atoms in total. The predicted octanol–water partition coefficient (Wildman–Crippen LogP) is 1.91. The summed E-state index contributed by atoms with van der Waals surface area (Å²) in [5, 5.41) is 3.00. The highest BCUT2D eigenvalue weighted by Crippen LogP contribution is 2.14. The molecule has 0 aromatic rings. The van der Waals surface area contributed by atoms with Crippen LogP contribution in [0.15, 0.2) is 4.99 Å². The molecule has 0 spiro atoms. The van der Waals surface area contributed by atoms with E-state index in [9.17, 15) is 8.42 Å². The summed E-state index contributed by atoms with van der Waals surface area (Å²) in [6, 6.07) is 0. The monoisotopic (exact) mass is 405 g/mol. The maximum atomic E-state index is 11.5. The molecule has 0 aromatic carbocycles. The van der Waals surface area contributed by atoms with Crippen LogP contribution in [0, 0.1) is 0 Å². The van der Waals surface area contributed by atoms with Gasteiger partial charge < -0.3 is 11.1 Å². The Labute approximate surface area is 134 Å². The third-order valence-electron chi connectivity index (χ3n) is 2.97. The van der Waals surface area contributed by atoms with Crippen molar-refractivity contribution in [3.05, 3.63) is 0 Å². The molecule has 0 bridgehead atoms. The Morgan fingerprint density at radius 2 is 1.84 bits per heavy atom. The van der Waals surface area contributed by atoms with Gasteiger partial charge in [-0.15, -0.1) is 24.0 Å². The summed E-state index contributed by atoms with van der Waals surface area (Å²) in [4.78, 5) is 4.08. The van der Waals surface area contributed by atoms with E-state index >= 15 is 0 Å². The molecule has 3 N–H and O–H groups in total. The van der Waals surface area contributed by atoms with Crippen LogP contribution < -0.4 is 11.1 Å². The first-order valence-corrected chi connectivity index (χ1v) is 8.33. The van der Waals surface area contributed by atoms with Crippen LogP contribution in [0.3, 0.4) is 0 Å². The van der Waals surface area contributed by atoms with E-state index in [2.05, 4.69) is 17.2 Å². The summed E-state index contributed by atoms with van der Waals surface area (Å²) in [7, 11) is -3.12. The van der Waals surface area contributed by atoms with E-state index in [4.69, 9.17) is 5.73 Å². The van der Waals surface area contributed by atoms with Crippen LogP contribution in [0.2, 0.25) is 0 Å². The molecule has 0 aliphatic carbocycles. The van der Waals surface area contributed by atoms with E-state index < -0.39 is 14.6 Å². The van der Waals surface area contributed by atoms with Crippen molar-refractivity contribution in [3.63, 3.8) is 0 Å². The number of hydrogen-bond acceptors (Lipinski definition) is 3. The van der Waals surface area contributed by atoms with E-state index in [1.54, 1.807) is 13.8 Å². The van der Waals surface area contributed by atoms with Crippen LogP contribution in [-0.4, -0.2) is 38.5 Å². The molecule has 0 aliphatic heterocycles. The Kier molecular flexibility index (Phi) is 11.0. The summed E-state index contributed by atoms with van der Waals surface area (Å²) >= 11 is 0. The van der Waals surface area contributed by atoms with E-state index in [-0.39, 0.29) is 30.5 Å². The summed E-state index contributed by atoms with van der Waals surface area (Å²) in [5.41, 5.74) is 5.68. The fourth-order valence-corrected chi connectivity index (χ4v) is 1.52. The van der Waals surface area contributed by atoms with Crippen molar-refractivity contribution in [1.82, 2.24) is 5.32 Å². The number of nitrogens with one attached hydrogen (secondary N) is 1. The Balaban J connectivity index is 0. The summed E-state index contributed by atoms with van der Waals surface area (Å²) in [6.45, 7) is 6.44. The van der Waals surface area contributed by atoms with Crippen molar-refractivity contribution in [2.45, 2.75) is 51.2 Å². The first-order chi connectivity index (χ1) is 8.20. The molecule has 0 atom stereocenters. The number of hydrogen-bond donors (Lipinski definition) is 2. The number of nitrogens with two attached hydrogens (primary N) is 1. The molecule has 0 unspecified atom stereocenters. The average Bonchev–Trinajstić information content (AvgIpc) is 2.24. The molecule has 0 fully saturated rings. The molecule has 0 rings (SSSR count). The molecule has 7 heteroatoms. The van der Waals surface area contributed by atoms with E-state index in [1.165, 1.54) is 25.5 Å². The number of unbranched alkanes of at least 4 members (excludes halogenated alkanes) is 3. The average molecular weight is 405 g/mol. The lowest BCUT2D eigenvalue weighted by Gasteiger charge is -2.20. The van der Waals surface area contributed by atoms with Gasteiger partial charge in [0.15, 0.2) is 15.8 Å². The normalized spacial score (nSPS) is 12.9. The molecule has 0 heterocycles. The Hall–Kier alpha value is -0.0500. The standard InChI is InChI=1S/C12H27N3O2S.HI/c1-5-6-7-8-9-14-11(13)15-10-12(2,3)18(4,16)17;/h5-10H2,1-4H3,(H3,13,14,15);1H. The number of aliphatic imine (C=N–C) groups is 1. The van der Waals surface area contributed by atoms with Crippen molar-refractivity contribution >= 4 is 39.8 Å². The fourth-order valence-electron chi connectivity index (χ4n) is 1.22. The Bertz CT molecular complexity index is 367. The third kappa shape index (κ3) is 9.48. The Morgan fingerprint density at radius 1 is 1.26 bits per heavy atom. The van der Waals surface area contributed by atoms with Crippen LogP contribution in [-0.2, 0) is 9.84 Å². The number of halogens is 1. The van der Waals surface area contributed by atoms with Gasteiger partial charge in [-0.05, 0) is 20.3 Å². The maximum absolute atomic E-state index is 11.5. The highest BCUT2D eigenvalue weighted by atomic mass is 127. The lowest BCUT2D eigenvalue weighted by atomic mass is 10.2. The van der Waals surface area contributed by atoms with Crippen LogP contribution in [0.5, 0.6) is 0 Å². The van der Waals surface area contributed by atoms with Crippen molar-refractivity contribution in [1.29, 1.82) is 0 Å². The molecule has 0 saturated heterocycles. The summed E-state index contributed by atoms with van der Waals surface area (Å²) < 4.78 is 22.1. The maximum Gasteiger partial charge on any atom is 0.188 e. The molecule has 0 aromatic heterocycles. The van der Waals surface area contributed by atoms with Gasteiger partial charge in [0, 0.05) is 12.8 Å². The minimum atomic E-state index is -3.12. The van der Waals surface area contributed by atoms with Gasteiger partial charge in [0.05, 0.1) is 11.3 Å². The zero-order valence-electron chi connectivity index (χ0n) is 12.4. The first-order valence-electron chi connectivity index (χ1n) is 6.44. The number of sulfone groups is 1. The molecular weight excluding hydrogens is 377 g/mol. The number of guanidine groups is 1. The molecule has 0 amide bonds.